The van der Waals surface area contributed by atoms with Gasteiger partial charge in [0.25, 0.3) is 0 Å². The molecule has 2 N–H and O–H groups in total. The largest absolute Gasteiger partial charge is 0.472 e. The first kappa shape index (κ1) is 11.7. The van der Waals surface area contributed by atoms with E-state index in [2.05, 4.69) is 18.0 Å². The standard InChI is InChI=1S/C14H18N2O/c1-16(10-13-6-8-17-11-13)7-5-12-3-2-4-14(15)9-12/h2-4,6,8-9,11H,5,7,10,15H2,1H3. The number of nitrogens with two attached hydrogens (primary N) is 1. The van der Waals surface area contributed by atoms with Gasteiger partial charge >= 0.3 is 0 Å². The average molecular weight is 230 g/mol. The van der Waals surface area contributed by atoms with Gasteiger partial charge in [0, 0.05) is 24.3 Å². The smallest absolute Gasteiger partial charge is 0.0947 e. The highest BCUT2D eigenvalue weighted by molar-refractivity contribution is 5.40. The third kappa shape index (κ3) is 3.64. The molecule has 0 aliphatic carbocycles. The van der Waals surface area contributed by atoms with Crippen LogP contribution in [-0.2, 0) is 13.0 Å². The van der Waals surface area contributed by atoms with E-state index in [-0.39, 0.29) is 0 Å². The number of nitrogen functional groups attached to an aromatic ring is 1. The second kappa shape index (κ2) is 5.55. The summed E-state index contributed by atoms with van der Waals surface area (Å²) in [5.74, 6) is 0. The van der Waals surface area contributed by atoms with Crippen LogP contribution in [0.5, 0.6) is 0 Å². The molecule has 2 rings (SSSR count). The molecule has 3 heteroatoms. The monoisotopic (exact) mass is 230 g/mol. The van der Waals surface area contributed by atoms with Crippen molar-refractivity contribution in [2.75, 3.05) is 19.3 Å². The summed E-state index contributed by atoms with van der Waals surface area (Å²) in [4.78, 5) is 2.27. The molecule has 1 aromatic carbocycles. The molecule has 3 nitrogen and oxygen atoms in total. The van der Waals surface area contributed by atoms with Crippen LogP contribution in [-0.4, -0.2) is 18.5 Å². The minimum absolute atomic E-state index is 0.833. The zero-order valence-electron chi connectivity index (χ0n) is 10.1. The Morgan fingerprint density at radius 2 is 2.12 bits per heavy atom. The van der Waals surface area contributed by atoms with Gasteiger partial charge in [-0.2, -0.15) is 0 Å². The van der Waals surface area contributed by atoms with Crippen LogP contribution in [0.2, 0.25) is 0 Å². The van der Waals surface area contributed by atoms with Gasteiger partial charge in [-0.1, -0.05) is 12.1 Å². The lowest BCUT2D eigenvalue weighted by atomic mass is 10.1. The summed E-state index contributed by atoms with van der Waals surface area (Å²) in [6, 6.07) is 10.1. The van der Waals surface area contributed by atoms with Crippen LogP contribution in [0.3, 0.4) is 0 Å². The molecular weight excluding hydrogens is 212 g/mol. The molecule has 0 bridgehead atoms. The van der Waals surface area contributed by atoms with Gasteiger partial charge in [-0.25, -0.2) is 0 Å². The maximum atomic E-state index is 5.75. The Hall–Kier alpha value is -1.74. The van der Waals surface area contributed by atoms with E-state index in [1.165, 1.54) is 11.1 Å². The first-order valence-electron chi connectivity index (χ1n) is 5.78. The van der Waals surface area contributed by atoms with E-state index in [0.29, 0.717) is 0 Å². The van der Waals surface area contributed by atoms with Crippen molar-refractivity contribution < 1.29 is 4.42 Å². The Morgan fingerprint density at radius 1 is 1.24 bits per heavy atom. The summed E-state index contributed by atoms with van der Waals surface area (Å²) in [5.41, 5.74) is 9.07. The Morgan fingerprint density at radius 3 is 2.82 bits per heavy atom. The van der Waals surface area contributed by atoms with Crippen molar-refractivity contribution >= 4 is 5.69 Å². The Bertz CT molecular complexity index is 451. The van der Waals surface area contributed by atoms with Crippen LogP contribution in [0.15, 0.2) is 47.3 Å². The molecule has 1 aromatic heterocycles. The lowest BCUT2D eigenvalue weighted by Gasteiger charge is -2.15. The van der Waals surface area contributed by atoms with Crippen LogP contribution in [0.25, 0.3) is 0 Å². The molecule has 2 aromatic rings. The molecule has 0 aliphatic rings. The van der Waals surface area contributed by atoms with E-state index in [1.54, 1.807) is 12.5 Å². The van der Waals surface area contributed by atoms with E-state index in [9.17, 15) is 0 Å². The van der Waals surface area contributed by atoms with Gasteiger partial charge in [0.2, 0.25) is 0 Å². The predicted octanol–water partition coefficient (Wildman–Crippen LogP) is 2.54. The van der Waals surface area contributed by atoms with E-state index >= 15 is 0 Å². The number of furan rings is 1. The highest BCUT2D eigenvalue weighted by atomic mass is 16.3. The Kier molecular flexibility index (Phi) is 3.83. The molecular formula is C14H18N2O. The van der Waals surface area contributed by atoms with E-state index < -0.39 is 0 Å². The van der Waals surface area contributed by atoms with Crippen molar-refractivity contribution in [1.29, 1.82) is 0 Å². The number of anilines is 1. The average Bonchev–Trinajstić information content (AvgIpc) is 2.79. The molecule has 0 radical (unpaired) electrons. The number of hydrogen-bond acceptors (Lipinski definition) is 3. The van der Waals surface area contributed by atoms with Crippen molar-refractivity contribution in [3.05, 3.63) is 54.0 Å². The van der Waals surface area contributed by atoms with Gasteiger partial charge in [-0.15, -0.1) is 0 Å². The fourth-order valence-electron chi connectivity index (χ4n) is 1.84. The predicted molar refractivity (Wildman–Crippen MR) is 69.6 cm³/mol. The van der Waals surface area contributed by atoms with Crippen LogP contribution in [0.1, 0.15) is 11.1 Å². The topological polar surface area (TPSA) is 42.4 Å². The molecule has 0 aliphatic heterocycles. The SMILES string of the molecule is CN(CCc1cccc(N)c1)Cc1ccoc1. The molecule has 0 saturated carbocycles. The van der Waals surface area contributed by atoms with Gasteiger partial charge < -0.3 is 15.1 Å². The third-order valence-corrected chi connectivity index (χ3v) is 2.77. The van der Waals surface area contributed by atoms with Crippen molar-refractivity contribution in [3.8, 4) is 0 Å². The summed E-state index contributed by atoms with van der Waals surface area (Å²) < 4.78 is 5.05. The summed E-state index contributed by atoms with van der Waals surface area (Å²) in [6.07, 6.45) is 4.51. The maximum Gasteiger partial charge on any atom is 0.0947 e. The van der Waals surface area contributed by atoms with Gasteiger partial charge in [-0.05, 0) is 37.2 Å². The van der Waals surface area contributed by atoms with Crippen LogP contribution in [0, 0.1) is 0 Å². The van der Waals surface area contributed by atoms with E-state index in [0.717, 1.165) is 25.2 Å². The minimum Gasteiger partial charge on any atom is -0.472 e. The highest BCUT2D eigenvalue weighted by Crippen LogP contribution is 2.09. The first-order chi connectivity index (χ1) is 8.24. The van der Waals surface area contributed by atoms with Gasteiger partial charge in [0.15, 0.2) is 0 Å². The number of likely N-dealkylation sites (N-methyl/N-ethyl adjacent to an activating group) is 1. The molecule has 0 spiro atoms. The number of hydrogen-bond donors (Lipinski definition) is 1. The lowest BCUT2D eigenvalue weighted by molar-refractivity contribution is 0.330. The third-order valence-electron chi connectivity index (χ3n) is 2.77. The first-order valence-corrected chi connectivity index (χ1v) is 5.78. The van der Waals surface area contributed by atoms with Gasteiger partial charge in [0.05, 0.1) is 12.5 Å². The lowest BCUT2D eigenvalue weighted by Crippen LogP contribution is -2.20. The summed E-state index contributed by atoms with van der Waals surface area (Å²) in [5, 5.41) is 0. The number of nitrogens with zero attached hydrogens (tertiary/aromatic N) is 1. The molecule has 0 fully saturated rings. The molecule has 1 heterocycles. The fourth-order valence-corrected chi connectivity index (χ4v) is 1.84. The normalized spacial score (nSPS) is 10.9. The van der Waals surface area contributed by atoms with Crippen LogP contribution >= 0.6 is 0 Å². The van der Waals surface area contributed by atoms with Crippen molar-refractivity contribution in [2.24, 2.45) is 0 Å². The summed E-state index contributed by atoms with van der Waals surface area (Å²) in [6.45, 7) is 1.92. The molecule has 0 atom stereocenters. The molecule has 0 amide bonds. The Labute approximate surface area is 102 Å². The zero-order chi connectivity index (χ0) is 12.1. The van der Waals surface area contributed by atoms with Gasteiger partial charge in [0.1, 0.15) is 0 Å². The fraction of sp³-hybridized carbons (Fsp3) is 0.286. The quantitative estimate of drug-likeness (QED) is 0.803. The maximum absolute atomic E-state index is 5.75. The highest BCUT2D eigenvalue weighted by Gasteiger charge is 2.02. The molecule has 17 heavy (non-hydrogen) atoms. The van der Waals surface area contributed by atoms with Crippen LogP contribution < -0.4 is 5.73 Å². The van der Waals surface area contributed by atoms with Crippen molar-refractivity contribution in [1.82, 2.24) is 4.90 Å². The minimum atomic E-state index is 0.833. The second-order valence-electron chi connectivity index (χ2n) is 4.36. The van der Waals surface area contributed by atoms with Crippen molar-refractivity contribution in [3.63, 3.8) is 0 Å². The second-order valence-corrected chi connectivity index (χ2v) is 4.36. The summed E-state index contributed by atoms with van der Waals surface area (Å²) in [7, 11) is 2.11. The zero-order valence-corrected chi connectivity index (χ0v) is 10.1. The molecule has 0 unspecified atom stereocenters. The molecule has 90 valence electrons. The van der Waals surface area contributed by atoms with Crippen LogP contribution in [0.4, 0.5) is 5.69 Å². The van der Waals surface area contributed by atoms with E-state index in [1.807, 2.05) is 24.3 Å². The van der Waals surface area contributed by atoms with E-state index in [4.69, 9.17) is 10.2 Å². The Balaban J connectivity index is 1.82. The van der Waals surface area contributed by atoms with Gasteiger partial charge in [-0.3, -0.25) is 0 Å². The number of benzene rings is 1. The summed E-state index contributed by atoms with van der Waals surface area (Å²) >= 11 is 0. The van der Waals surface area contributed by atoms with Crippen molar-refractivity contribution in [2.45, 2.75) is 13.0 Å². The number of rotatable bonds is 5. The molecule has 0 saturated heterocycles.